The van der Waals surface area contributed by atoms with E-state index in [0.29, 0.717) is 19.4 Å². The van der Waals surface area contributed by atoms with Gasteiger partial charge >= 0.3 is 5.97 Å². The van der Waals surface area contributed by atoms with Gasteiger partial charge in [0.25, 0.3) is 0 Å². The van der Waals surface area contributed by atoms with E-state index in [1.807, 2.05) is 18.2 Å². The van der Waals surface area contributed by atoms with Crippen LogP contribution in [0.15, 0.2) is 60.8 Å². The summed E-state index contributed by atoms with van der Waals surface area (Å²) in [6.45, 7) is 4.19. The molecule has 11 heteroatoms. The normalized spacial score (nSPS) is 19.9. The van der Waals surface area contributed by atoms with E-state index in [1.54, 1.807) is 6.08 Å². The summed E-state index contributed by atoms with van der Waals surface area (Å²) in [6, 6.07) is -0.873. The van der Waals surface area contributed by atoms with E-state index in [1.165, 1.54) is 122 Å². The molecule has 1 rings (SSSR count). The van der Waals surface area contributed by atoms with Gasteiger partial charge in [0.1, 0.15) is 24.4 Å². The highest BCUT2D eigenvalue weighted by Crippen LogP contribution is 2.22. The summed E-state index contributed by atoms with van der Waals surface area (Å²) in [5.74, 6) is -0.325. The first-order chi connectivity index (χ1) is 33.2. The average Bonchev–Trinajstić information content (AvgIpc) is 3.33. The molecule has 1 fully saturated rings. The second-order valence-electron chi connectivity index (χ2n) is 18.9. The highest BCUT2D eigenvalue weighted by Gasteiger charge is 2.44. The number of rotatable bonds is 46. The molecule has 0 aromatic rings. The number of unbranched alkanes of at least 4 members (excludes halogenated alkanes) is 24. The Morgan fingerprint density at radius 1 is 0.544 bits per heavy atom. The summed E-state index contributed by atoms with van der Waals surface area (Å²) in [6.07, 6.45) is 48.8. The third-order valence-corrected chi connectivity index (χ3v) is 12.6. The van der Waals surface area contributed by atoms with Gasteiger partial charge in [-0.25, -0.2) is 0 Å². The molecule has 11 nitrogen and oxygen atoms in total. The molecule has 7 unspecified atom stereocenters. The molecular formula is C57H101NO10. The molecule has 0 radical (unpaired) electrons. The van der Waals surface area contributed by atoms with Crippen molar-refractivity contribution in [2.45, 2.75) is 269 Å². The molecule has 1 heterocycles. The van der Waals surface area contributed by atoms with E-state index in [9.17, 15) is 35.1 Å². The summed E-state index contributed by atoms with van der Waals surface area (Å²) in [7, 11) is 0. The van der Waals surface area contributed by atoms with Gasteiger partial charge in [0, 0.05) is 12.8 Å². The molecule has 0 saturated carbocycles. The Morgan fingerprint density at radius 3 is 1.60 bits per heavy atom. The quantitative estimate of drug-likeness (QED) is 0.0196. The number of allylic oxidation sites excluding steroid dienone is 9. The Balaban J connectivity index is 2.26. The van der Waals surface area contributed by atoms with Gasteiger partial charge in [0.2, 0.25) is 5.91 Å². The minimum absolute atomic E-state index is 0.0513. The molecule has 0 bridgehead atoms. The fourth-order valence-corrected chi connectivity index (χ4v) is 8.14. The molecule has 6 N–H and O–H groups in total. The first-order valence-corrected chi connectivity index (χ1v) is 27.6. The van der Waals surface area contributed by atoms with Crippen LogP contribution in [0.5, 0.6) is 0 Å². The van der Waals surface area contributed by atoms with Crippen LogP contribution >= 0.6 is 0 Å². The SMILES string of the molecule is CCCCC/C=C\CCCCCCCC(=O)OCCCCCCCC/C=C\C/C=C\CCC(=O)NC(COC1OC(CO)C(O)C(O)C1O)C(O)/C=C/CC/C=C/CCCCCCCCCCC. The number of hydrogen-bond acceptors (Lipinski definition) is 10. The van der Waals surface area contributed by atoms with Crippen molar-refractivity contribution in [1.29, 1.82) is 0 Å². The number of aliphatic hydroxyl groups excluding tert-OH is 5. The van der Waals surface area contributed by atoms with Crippen molar-refractivity contribution in [1.82, 2.24) is 5.32 Å². The number of carbonyl (C=O) groups is 2. The average molecular weight is 960 g/mol. The molecular weight excluding hydrogens is 859 g/mol. The molecule has 1 saturated heterocycles. The summed E-state index contributed by atoms with van der Waals surface area (Å²) in [5, 5.41) is 54.2. The maximum atomic E-state index is 13.0. The second kappa shape index (κ2) is 46.7. The van der Waals surface area contributed by atoms with Gasteiger partial charge in [-0.15, -0.1) is 0 Å². The highest BCUT2D eigenvalue weighted by molar-refractivity contribution is 5.76. The Labute approximate surface area is 414 Å². The second-order valence-corrected chi connectivity index (χ2v) is 18.9. The minimum atomic E-state index is -1.59. The topological polar surface area (TPSA) is 175 Å². The lowest BCUT2D eigenvalue weighted by Crippen LogP contribution is -2.60. The van der Waals surface area contributed by atoms with E-state index >= 15 is 0 Å². The van der Waals surface area contributed by atoms with Crippen LogP contribution in [-0.4, -0.2) is 100 Å². The predicted octanol–water partition coefficient (Wildman–Crippen LogP) is 11.9. The van der Waals surface area contributed by atoms with E-state index in [-0.39, 0.29) is 24.9 Å². The largest absolute Gasteiger partial charge is 0.466 e. The molecule has 0 aromatic carbocycles. The predicted molar refractivity (Wildman–Crippen MR) is 278 cm³/mol. The van der Waals surface area contributed by atoms with Crippen molar-refractivity contribution < 1.29 is 49.3 Å². The van der Waals surface area contributed by atoms with Gasteiger partial charge in [-0.1, -0.05) is 184 Å². The number of nitrogens with one attached hydrogen (secondary N) is 1. The van der Waals surface area contributed by atoms with Gasteiger partial charge in [-0.2, -0.15) is 0 Å². The number of ether oxygens (including phenoxy) is 3. The Hall–Kier alpha value is -2.64. The minimum Gasteiger partial charge on any atom is -0.466 e. The highest BCUT2D eigenvalue weighted by atomic mass is 16.7. The van der Waals surface area contributed by atoms with Crippen LogP contribution in [0.1, 0.15) is 226 Å². The molecule has 1 aliphatic rings. The molecule has 7 atom stereocenters. The van der Waals surface area contributed by atoms with Crippen LogP contribution in [-0.2, 0) is 23.8 Å². The van der Waals surface area contributed by atoms with Gasteiger partial charge in [0.05, 0.1) is 32.0 Å². The smallest absolute Gasteiger partial charge is 0.305 e. The van der Waals surface area contributed by atoms with Crippen LogP contribution in [0.3, 0.4) is 0 Å². The Morgan fingerprint density at radius 2 is 1.01 bits per heavy atom. The number of carbonyl (C=O) groups excluding carboxylic acids is 2. The monoisotopic (exact) mass is 960 g/mol. The van der Waals surface area contributed by atoms with E-state index in [2.05, 4.69) is 55.6 Å². The van der Waals surface area contributed by atoms with Crippen LogP contribution < -0.4 is 5.32 Å². The van der Waals surface area contributed by atoms with Crippen LogP contribution in [0.2, 0.25) is 0 Å². The maximum Gasteiger partial charge on any atom is 0.305 e. The molecule has 0 aromatic heterocycles. The lowest BCUT2D eigenvalue weighted by Gasteiger charge is -2.40. The van der Waals surface area contributed by atoms with Gasteiger partial charge < -0.3 is 45.1 Å². The van der Waals surface area contributed by atoms with Crippen molar-refractivity contribution in [2.75, 3.05) is 19.8 Å². The Bertz CT molecular complexity index is 1310. The number of esters is 1. The van der Waals surface area contributed by atoms with Crippen LogP contribution in [0.25, 0.3) is 0 Å². The summed E-state index contributed by atoms with van der Waals surface area (Å²) in [4.78, 5) is 25.0. The zero-order valence-corrected chi connectivity index (χ0v) is 43.0. The van der Waals surface area contributed by atoms with Gasteiger partial charge in [-0.3, -0.25) is 9.59 Å². The maximum absolute atomic E-state index is 13.0. The van der Waals surface area contributed by atoms with E-state index in [0.717, 1.165) is 70.6 Å². The third-order valence-electron chi connectivity index (χ3n) is 12.6. The van der Waals surface area contributed by atoms with Crippen LogP contribution in [0, 0.1) is 0 Å². The lowest BCUT2D eigenvalue weighted by atomic mass is 9.99. The number of aliphatic hydroxyl groups is 5. The van der Waals surface area contributed by atoms with Crippen molar-refractivity contribution in [2.24, 2.45) is 0 Å². The van der Waals surface area contributed by atoms with Crippen molar-refractivity contribution in [3.05, 3.63) is 60.8 Å². The first-order valence-electron chi connectivity index (χ1n) is 27.6. The molecule has 1 amide bonds. The van der Waals surface area contributed by atoms with E-state index < -0.39 is 49.5 Å². The summed E-state index contributed by atoms with van der Waals surface area (Å²) < 4.78 is 16.6. The molecule has 0 aliphatic carbocycles. The lowest BCUT2D eigenvalue weighted by molar-refractivity contribution is -0.302. The molecule has 1 aliphatic heterocycles. The van der Waals surface area contributed by atoms with Crippen molar-refractivity contribution in [3.63, 3.8) is 0 Å². The van der Waals surface area contributed by atoms with Gasteiger partial charge in [-0.05, 0) is 89.9 Å². The molecule has 0 spiro atoms. The number of amides is 1. The van der Waals surface area contributed by atoms with Crippen molar-refractivity contribution >= 4 is 11.9 Å². The zero-order valence-electron chi connectivity index (χ0n) is 43.0. The number of hydrogen-bond donors (Lipinski definition) is 6. The first kappa shape index (κ1) is 63.4. The molecule has 394 valence electrons. The summed E-state index contributed by atoms with van der Waals surface area (Å²) in [5.41, 5.74) is 0. The van der Waals surface area contributed by atoms with Crippen LogP contribution in [0.4, 0.5) is 0 Å². The van der Waals surface area contributed by atoms with Gasteiger partial charge in [0.15, 0.2) is 6.29 Å². The fourth-order valence-electron chi connectivity index (χ4n) is 8.14. The zero-order chi connectivity index (χ0) is 49.6. The van der Waals surface area contributed by atoms with E-state index in [4.69, 9.17) is 14.2 Å². The van der Waals surface area contributed by atoms with Crippen molar-refractivity contribution in [3.8, 4) is 0 Å². The molecule has 68 heavy (non-hydrogen) atoms. The Kier molecular flexibility index (Phi) is 43.5. The third kappa shape index (κ3) is 36.3. The summed E-state index contributed by atoms with van der Waals surface area (Å²) >= 11 is 0. The fraction of sp³-hybridized carbons (Fsp3) is 0.789. The standard InChI is InChI=1S/C57H101NO10/c1-3-5-7-9-11-13-15-17-18-20-23-27-31-35-39-43-50(60)49(48-67-57-56(65)55(64)54(63)51(47-59)68-57)58-52(61)44-40-36-32-28-24-21-19-22-26-30-34-38-42-46-66-53(62)45-41-37-33-29-25-16-14-12-10-8-6-4-2/h12,14,21,23-24,27,32,36,39,43,49-51,54-57,59-60,63-65H,3-11,13,15-20,22,25-26,28-31,33-35,37-38,40-42,44-48H2,1-2H3,(H,58,61)/b14-12-,24-21-,27-23+,36-32-,43-39+.